The first-order chi connectivity index (χ1) is 17.0. The molecule has 0 saturated carbocycles. The Morgan fingerprint density at radius 1 is 1.29 bits per heavy atom. The van der Waals surface area contributed by atoms with Gasteiger partial charge in [-0.2, -0.15) is 15.2 Å². The van der Waals surface area contributed by atoms with Gasteiger partial charge in [-0.05, 0) is 38.5 Å². The maximum absolute atomic E-state index is 12.3. The first-order valence-electron chi connectivity index (χ1n) is 12.0. The fourth-order valence-electron chi connectivity index (χ4n) is 4.95. The van der Waals surface area contributed by atoms with Crippen LogP contribution >= 0.6 is 0 Å². The van der Waals surface area contributed by atoms with Crippen LogP contribution in [-0.4, -0.2) is 66.7 Å². The number of benzene rings is 1. The maximum Gasteiger partial charge on any atom is 0.318 e. The molecule has 184 valence electrons. The first kappa shape index (κ1) is 24.3. The average Bonchev–Trinajstić information content (AvgIpc) is 2.88. The Balaban J connectivity index is 1.66. The van der Waals surface area contributed by atoms with Gasteiger partial charge in [0.25, 0.3) is 0 Å². The highest BCUT2D eigenvalue weighted by Crippen LogP contribution is 2.35. The summed E-state index contributed by atoms with van der Waals surface area (Å²) in [7, 11) is 1.69. The molecule has 1 aromatic heterocycles. The van der Waals surface area contributed by atoms with Crippen LogP contribution in [0.25, 0.3) is 0 Å². The van der Waals surface area contributed by atoms with Crippen molar-refractivity contribution >= 4 is 17.4 Å². The van der Waals surface area contributed by atoms with Gasteiger partial charge in [-0.1, -0.05) is 12.6 Å². The number of hydrogen-bond acceptors (Lipinski definition) is 8. The van der Waals surface area contributed by atoms with Gasteiger partial charge in [-0.25, -0.2) is 0 Å². The van der Waals surface area contributed by atoms with E-state index in [4.69, 9.17) is 19.4 Å². The van der Waals surface area contributed by atoms with Crippen LogP contribution in [0.1, 0.15) is 30.2 Å². The number of methoxy groups -OCH3 is 1. The molecule has 9 heteroatoms. The summed E-state index contributed by atoms with van der Waals surface area (Å²) in [5, 5.41) is 9.36. The number of aromatic nitrogens is 2. The minimum atomic E-state index is -0.222. The average molecular weight is 477 g/mol. The predicted molar refractivity (Wildman–Crippen MR) is 134 cm³/mol. The van der Waals surface area contributed by atoms with Gasteiger partial charge in [0.1, 0.15) is 11.6 Å². The number of carbonyl (C=O) groups is 1. The van der Waals surface area contributed by atoms with Crippen molar-refractivity contribution in [3.8, 4) is 17.8 Å². The number of anilines is 2. The zero-order valence-corrected chi connectivity index (χ0v) is 20.7. The molecule has 0 N–H and O–H groups in total. The summed E-state index contributed by atoms with van der Waals surface area (Å²) in [5.74, 6) is 1.56. The molecule has 3 heterocycles. The molecule has 2 aromatic rings. The molecule has 0 radical (unpaired) electrons. The molecule has 1 atom stereocenters. The maximum atomic E-state index is 12.3. The molecule has 1 amide bonds. The van der Waals surface area contributed by atoms with E-state index in [1.54, 1.807) is 12.0 Å². The highest BCUT2D eigenvalue weighted by atomic mass is 16.5. The molecular weight excluding hydrogens is 444 g/mol. The van der Waals surface area contributed by atoms with Gasteiger partial charge in [0.2, 0.25) is 5.91 Å². The second-order valence-electron chi connectivity index (χ2n) is 8.66. The zero-order valence-electron chi connectivity index (χ0n) is 20.7. The molecule has 0 aliphatic carbocycles. The molecule has 1 saturated heterocycles. The zero-order chi connectivity index (χ0) is 24.9. The van der Waals surface area contributed by atoms with Gasteiger partial charge in [-0.3, -0.25) is 4.79 Å². The van der Waals surface area contributed by atoms with Crippen LogP contribution in [0.4, 0.5) is 11.5 Å². The topological polar surface area (TPSA) is 94.8 Å². The lowest BCUT2D eigenvalue weighted by molar-refractivity contribution is -0.128. The number of nitrogens with zero attached hydrogens (tertiary/aromatic N) is 6. The highest BCUT2D eigenvalue weighted by molar-refractivity contribution is 5.87. The van der Waals surface area contributed by atoms with Crippen molar-refractivity contribution in [2.75, 3.05) is 49.7 Å². The molecule has 0 bridgehead atoms. The molecule has 0 spiro atoms. The van der Waals surface area contributed by atoms with Gasteiger partial charge in [-0.15, -0.1) is 0 Å². The standard InChI is InChI=1S/C26H32N6O3/c1-5-24(33)32-15-14-31(16-19(32)10-12-27)25-20-11-13-30(17-21(20)28-26(29-25)35-6-2)22-8-7-9-23(34-4)18(22)3/h5,7-9,19H,1,6,10-11,13-17H2,2-4H3/t19-/m0/s1. The number of nitriles is 1. The fourth-order valence-corrected chi connectivity index (χ4v) is 4.95. The number of amides is 1. The molecule has 1 fully saturated rings. The van der Waals surface area contributed by atoms with Crippen LogP contribution in [0.15, 0.2) is 30.9 Å². The Labute approximate surface area is 206 Å². The van der Waals surface area contributed by atoms with Crippen molar-refractivity contribution in [3.05, 3.63) is 47.7 Å². The van der Waals surface area contributed by atoms with Crippen molar-refractivity contribution in [2.24, 2.45) is 0 Å². The Morgan fingerprint density at radius 2 is 2.11 bits per heavy atom. The largest absolute Gasteiger partial charge is 0.496 e. The summed E-state index contributed by atoms with van der Waals surface area (Å²) >= 11 is 0. The van der Waals surface area contributed by atoms with Crippen LogP contribution < -0.4 is 19.3 Å². The molecule has 9 nitrogen and oxygen atoms in total. The second kappa shape index (κ2) is 10.6. The van der Waals surface area contributed by atoms with Crippen molar-refractivity contribution in [3.63, 3.8) is 0 Å². The van der Waals surface area contributed by atoms with E-state index in [1.807, 2.05) is 19.1 Å². The Kier molecular flexibility index (Phi) is 7.39. The van der Waals surface area contributed by atoms with Gasteiger partial charge in [0, 0.05) is 43.0 Å². The molecule has 1 aromatic carbocycles. The Morgan fingerprint density at radius 3 is 2.83 bits per heavy atom. The second-order valence-corrected chi connectivity index (χ2v) is 8.66. The lowest BCUT2D eigenvalue weighted by Crippen LogP contribution is -2.55. The van der Waals surface area contributed by atoms with Gasteiger partial charge >= 0.3 is 6.01 Å². The normalized spacial score (nSPS) is 17.4. The highest BCUT2D eigenvalue weighted by Gasteiger charge is 2.33. The number of rotatable bonds is 7. The van der Waals surface area contributed by atoms with E-state index in [2.05, 4.69) is 35.4 Å². The predicted octanol–water partition coefficient (Wildman–Crippen LogP) is 2.87. The van der Waals surface area contributed by atoms with Crippen LogP contribution in [0, 0.1) is 18.3 Å². The lowest BCUT2D eigenvalue weighted by Gasteiger charge is -2.42. The lowest BCUT2D eigenvalue weighted by atomic mass is 10.0. The van der Waals surface area contributed by atoms with Crippen LogP contribution in [-0.2, 0) is 17.8 Å². The van der Waals surface area contributed by atoms with E-state index in [0.717, 1.165) is 47.0 Å². The molecule has 2 aliphatic rings. The van der Waals surface area contributed by atoms with Crippen LogP contribution in [0.5, 0.6) is 11.8 Å². The van der Waals surface area contributed by atoms with Crippen molar-refractivity contribution < 1.29 is 14.3 Å². The number of fused-ring (bicyclic) bond motifs is 1. The quantitative estimate of drug-likeness (QED) is 0.563. The third kappa shape index (κ3) is 4.87. The SMILES string of the molecule is C=CC(=O)N1CCN(c2nc(OCC)nc3c2CCN(c2cccc(OC)c2C)C3)C[C@@H]1CC#N. The van der Waals surface area contributed by atoms with Crippen molar-refractivity contribution in [1.82, 2.24) is 14.9 Å². The van der Waals surface area contributed by atoms with Gasteiger partial charge in [0.05, 0.1) is 44.5 Å². The van der Waals surface area contributed by atoms with Crippen LogP contribution in [0.2, 0.25) is 0 Å². The van der Waals surface area contributed by atoms with E-state index < -0.39 is 0 Å². The van der Waals surface area contributed by atoms with E-state index >= 15 is 0 Å². The van der Waals surface area contributed by atoms with E-state index in [1.165, 1.54) is 6.08 Å². The minimum absolute atomic E-state index is 0.145. The fraction of sp³-hybridized carbons (Fsp3) is 0.462. The third-order valence-corrected chi connectivity index (χ3v) is 6.68. The summed E-state index contributed by atoms with van der Waals surface area (Å²) in [6.45, 7) is 11.2. The summed E-state index contributed by atoms with van der Waals surface area (Å²) in [5.41, 5.74) is 4.26. The molecule has 4 rings (SSSR count). The van der Waals surface area contributed by atoms with Gasteiger partial charge < -0.3 is 24.2 Å². The number of piperazine rings is 1. The summed E-state index contributed by atoms with van der Waals surface area (Å²) in [4.78, 5) is 28.1. The molecule has 0 unspecified atom stereocenters. The van der Waals surface area contributed by atoms with E-state index in [9.17, 15) is 10.1 Å². The number of carbonyl (C=O) groups excluding carboxylic acids is 1. The van der Waals surface area contributed by atoms with Crippen molar-refractivity contribution in [1.29, 1.82) is 5.26 Å². The summed E-state index contributed by atoms with van der Waals surface area (Å²) < 4.78 is 11.3. The smallest absolute Gasteiger partial charge is 0.318 e. The first-order valence-corrected chi connectivity index (χ1v) is 12.0. The third-order valence-electron chi connectivity index (χ3n) is 6.68. The van der Waals surface area contributed by atoms with Crippen molar-refractivity contribution in [2.45, 2.75) is 39.3 Å². The van der Waals surface area contributed by atoms with E-state index in [0.29, 0.717) is 38.8 Å². The summed E-state index contributed by atoms with van der Waals surface area (Å²) in [6, 6.07) is 8.44. The molecular formula is C26H32N6O3. The van der Waals surface area contributed by atoms with E-state index in [-0.39, 0.29) is 18.4 Å². The summed E-state index contributed by atoms with van der Waals surface area (Å²) in [6.07, 6.45) is 2.35. The van der Waals surface area contributed by atoms with Gasteiger partial charge in [0.15, 0.2) is 0 Å². The molecule has 35 heavy (non-hydrogen) atoms. The minimum Gasteiger partial charge on any atom is -0.496 e. The number of ether oxygens (including phenoxy) is 2. The Bertz CT molecular complexity index is 1140. The monoisotopic (exact) mass is 476 g/mol. The van der Waals surface area contributed by atoms with Crippen LogP contribution in [0.3, 0.4) is 0 Å². The number of hydrogen-bond donors (Lipinski definition) is 0. The Hall–Kier alpha value is -3.80. The molecule has 2 aliphatic heterocycles.